The van der Waals surface area contributed by atoms with Crippen molar-refractivity contribution < 1.29 is 19.7 Å². The second kappa shape index (κ2) is 9.27. The van der Waals surface area contributed by atoms with E-state index >= 15 is 0 Å². The number of pyridine rings is 1. The summed E-state index contributed by atoms with van der Waals surface area (Å²) in [6, 6.07) is 3.03. The van der Waals surface area contributed by atoms with E-state index in [0.717, 1.165) is 0 Å². The molecule has 0 unspecified atom stereocenters. The number of aliphatic hydroxyl groups is 2. The Morgan fingerprint density at radius 1 is 1.42 bits per heavy atom. The topological polar surface area (TPSA) is 165 Å². The average molecular weight is 462 g/mol. The van der Waals surface area contributed by atoms with Gasteiger partial charge in [0.1, 0.15) is 47.2 Å². The van der Waals surface area contributed by atoms with Crippen molar-refractivity contribution >= 4 is 28.2 Å². The monoisotopic (exact) mass is 461 g/mol. The highest BCUT2D eigenvalue weighted by Gasteiger charge is 2.47. The standard InChI is InChI=1S/C18H19N7O4S2/c1-28-16-14(25-6-11(23-24-25)12-8-30-18(20)22-12)15(27)13(7-26)29-17(16)31-10-2-9(3-19)4-21-5-10/h2,4-6,8,13-17,26-27H,7H2,1H3,(H2,20,22)/t13-,14+,15+,16-,17-/m1/s1. The van der Waals surface area contributed by atoms with Crippen molar-refractivity contribution in [2.24, 2.45) is 0 Å². The molecule has 1 aliphatic rings. The molecule has 3 aromatic heterocycles. The van der Waals surface area contributed by atoms with Crippen LogP contribution in [0.2, 0.25) is 0 Å². The minimum atomic E-state index is -1.11. The Labute approximate surface area is 185 Å². The molecule has 1 fully saturated rings. The second-order valence-electron chi connectivity index (χ2n) is 6.70. The van der Waals surface area contributed by atoms with Gasteiger partial charge >= 0.3 is 0 Å². The predicted molar refractivity (Wildman–Crippen MR) is 112 cm³/mol. The summed E-state index contributed by atoms with van der Waals surface area (Å²) in [5.74, 6) is 0. The zero-order valence-corrected chi connectivity index (χ0v) is 17.9. The summed E-state index contributed by atoms with van der Waals surface area (Å²) in [7, 11) is 1.50. The number of thiazole rings is 1. The Kier molecular flexibility index (Phi) is 6.46. The number of aliphatic hydroxyl groups excluding tert-OH is 2. The van der Waals surface area contributed by atoms with Crippen molar-refractivity contribution in [2.45, 2.75) is 34.7 Å². The van der Waals surface area contributed by atoms with Gasteiger partial charge in [0.05, 0.1) is 18.4 Å². The van der Waals surface area contributed by atoms with Crippen LogP contribution in [0.25, 0.3) is 11.4 Å². The third kappa shape index (κ3) is 4.40. The number of nitrogens with zero attached hydrogens (tertiary/aromatic N) is 6. The summed E-state index contributed by atoms with van der Waals surface area (Å²) in [4.78, 5) is 8.95. The summed E-state index contributed by atoms with van der Waals surface area (Å²) in [6.07, 6.45) is 2.09. The molecule has 0 saturated carbocycles. The van der Waals surface area contributed by atoms with Crippen LogP contribution in [0.15, 0.2) is 34.9 Å². The molecule has 1 saturated heterocycles. The number of hydrogen-bond donors (Lipinski definition) is 3. The van der Waals surface area contributed by atoms with Crippen LogP contribution in [0.5, 0.6) is 0 Å². The fourth-order valence-corrected chi connectivity index (χ4v) is 5.08. The summed E-state index contributed by atoms with van der Waals surface area (Å²) >= 11 is 2.57. The number of nitriles is 1. The Morgan fingerprint density at radius 3 is 2.94 bits per heavy atom. The molecule has 0 amide bonds. The van der Waals surface area contributed by atoms with Crippen LogP contribution < -0.4 is 5.73 Å². The number of methoxy groups -OCH3 is 1. The first-order chi connectivity index (χ1) is 15.0. The lowest BCUT2D eigenvalue weighted by Gasteiger charge is -2.43. The number of ether oxygens (including phenoxy) is 2. The van der Waals surface area contributed by atoms with E-state index in [1.165, 1.54) is 41.1 Å². The second-order valence-corrected chi connectivity index (χ2v) is 8.76. The van der Waals surface area contributed by atoms with Crippen molar-refractivity contribution in [1.29, 1.82) is 5.26 Å². The molecule has 11 nitrogen and oxygen atoms in total. The summed E-state index contributed by atoms with van der Waals surface area (Å²) in [5.41, 5.74) is 6.57. The van der Waals surface area contributed by atoms with E-state index in [-0.39, 0.29) is 0 Å². The van der Waals surface area contributed by atoms with Crippen LogP contribution in [-0.2, 0) is 9.47 Å². The lowest BCUT2D eigenvalue weighted by molar-refractivity contribution is -0.186. The first-order valence-electron chi connectivity index (χ1n) is 9.16. The fraction of sp³-hybridized carbons (Fsp3) is 0.389. The Morgan fingerprint density at radius 2 is 2.26 bits per heavy atom. The first-order valence-corrected chi connectivity index (χ1v) is 10.9. The lowest BCUT2D eigenvalue weighted by Crippen LogP contribution is -2.55. The summed E-state index contributed by atoms with van der Waals surface area (Å²) in [6.45, 7) is -0.397. The quantitative estimate of drug-likeness (QED) is 0.472. The molecular weight excluding hydrogens is 442 g/mol. The SMILES string of the molecule is CO[C@@H]1[C@@H](n2cc(-c3csc(N)n3)nn2)[C@@H](O)[C@@H](CO)O[C@@H]1Sc1cncc(C#N)c1. The fourth-order valence-electron chi connectivity index (χ4n) is 3.33. The van der Waals surface area contributed by atoms with Gasteiger partial charge < -0.3 is 25.4 Å². The molecule has 0 aliphatic carbocycles. The molecule has 0 spiro atoms. The van der Waals surface area contributed by atoms with Crippen molar-refractivity contribution in [2.75, 3.05) is 19.5 Å². The minimum absolute atomic E-state index is 0.397. The average Bonchev–Trinajstić information content (AvgIpc) is 3.43. The smallest absolute Gasteiger partial charge is 0.180 e. The molecule has 0 bridgehead atoms. The van der Waals surface area contributed by atoms with E-state index in [0.29, 0.717) is 27.0 Å². The molecule has 13 heteroatoms. The van der Waals surface area contributed by atoms with Crippen LogP contribution in [0.1, 0.15) is 11.6 Å². The zero-order valence-electron chi connectivity index (χ0n) is 16.3. The third-order valence-corrected chi connectivity index (χ3v) is 6.57. The van der Waals surface area contributed by atoms with Gasteiger partial charge in [-0.2, -0.15) is 5.26 Å². The highest BCUT2D eigenvalue weighted by molar-refractivity contribution is 7.99. The van der Waals surface area contributed by atoms with Crippen molar-refractivity contribution in [3.63, 3.8) is 0 Å². The number of nitrogen functional groups attached to an aromatic ring is 1. The minimum Gasteiger partial charge on any atom is -0.394 e. The third-order valence-electron chi connectivity index (χ3n) is 4.79. The molecule has 1 aliphatic heterocycles. The maximum absolute atomic E-state index is 10.9. The van der Waals surface area contributed by atoms with Crippen LogP contribution in [0, 0.1) is 11.3 Å². The van der Waals surface area contributed by atoms with Gasteiger partial charge in [-0.1, -0.05) is 17.0 Å². The lowest BCUT2D eigenvalue weighted by atomic mass is 9.97. The maximum atomic E-state index is 10.9. The number of aromatic nitrogens is 5. The highest BCUT2D eigenvalue weighted by atomic mass is 32.2. The van der Waals surface area contributed by atoms with E-state index in [4.69, 9.17) is 20.5 Å². The number of rotatable bonds is 6. The Bertz CT molecular complexity index is 1080. The van der Waals surface area contributed by atoms with Gasteiger partial charge in [0, 0.05) is 29.8 Å². The number of nitrogens with two attached hydrogens (primary N) is 1. The molecule has 0 aromatic carbocycles. The zero-order chi connectivity index (χ0) is 22.0. The van der Waals surface area contributed by atoms with E-state index in [9.17, 15) is 10.2 Å². The molecule has 4 N–H and O–H groups in total. The Hall–Kier alpha value is -2.60. The Balaban J connectivity index is 1.65. The maximum Gasteiger partial charge on any atom is 0.180 e. The number of anilines is 1. The molecule has 4 heterocycles. The van der Waals surface area contributed by atoms with Gasteiger partial charge in [-0.3, -0.25) is 4.98 Å². The van der Waals surface area contributed by atoms with E-state index in [1.807, 2.05) is 6.07 Å². The largest absolute Gasteiger partial charge is 0.394 e. The van der Waals surface area contributed by atoms with Gasteiger partial charge in [0.2, 0.25) is 0 Å². The van der Waals surface area contributed by atoms with Gasteiger partial charge in [-0.05, 0) is 6.07 Å². The van der Waals surface area contributed by atoms with Crippen molar-refractivity contribution in [3.8, 4) is 17.5 Å². The van der Waals surface area contributed by atoms with Gasteiger partial charge in [0.25, 0.3) is 0 Å². The molecule has 5 atom stereocenters. The number of thioether (sulfide) groups is 1. The summed E-state index contributed by atoms with van der Waals surface area (Å²) in [5, 5.41) is 40.3. The molecule has 3 aromatic rings. The molecule has 0 radical (unpaired) electrons. The van der Waals surface area contributed by atoms with E-state index < -0.39 is 36.4 Å². The van der Waals surface area contributed by atoms with Crippen LogP contribution in [0.3, 0.4) is 0 Å². The predicted octanol–water partition coefficient (Wildman–Crippen LogP) is 0.677. The van der Waals surface area contributed by atoms with E-state index in [1.54, 1.807) is 23.8 Å². The van der Waals surface area contributed by atoms with E-state index in [2.05, 4.69) is 20.3 Å². The van der Waals surface area contributed by atoms with Crippen LogP contribution in [-0.4, -0.2) is 72.6 Å². The van der Waals surface area contributed by atoms with Crippen molar-refractivity contribution in [1.82, 2.24) is 25.0 Å². The van der Waals surface area contributed by atoms with Gasteiger partial charge in [-0.25, -0.2) is 9.67 Å². The van der Waals surface area contributed by atoms with Crippen molar-refractivity contribution in [3.05, 3.63) is 35.6 Å². The molecular formula is C18H19N7O4S2. The first kappa shape index (κ1) is 21.6. The molecule has 4 rings (SSSR count). The molecule has 162 valence electrons. The van der Waals surface area contributed by atoms with Crippen LogP contribution >= 0.6 is 23.1 Å². The van der Waals surface area contributed by atoms with Crippen LogP contribution in [0.4, 0.5) is 5.13 Å². The van der Waals surface area contributed by atoms with Gasteiger partial charge in [-0.15, -0.1) is 16.4 Å². The van der Waals surface area contributed by atoms with Gasteiger partial charge in [0.15, 0.2) is 5.13 Å². The molecule has 31 heavy (non-hydrogen) atoms. The summed E-state index contributed by atoms with van der Waals surface area (Å²) < 4.78 is 13.1. The normalized spacial score (nSPS) is 25.9. The highest BCUT2D eigenvalue weighted by Crippen LogP contribution is 2.39. The number of hydrogen-bond acceptors (Lipinski definition) is 12.